The van der Waals surface area contributed by atoms with Gasteiger partial charge in [-0.2, -0.15) is 0 Å². The van der Waals surface area contributed by atoms with Gasteiger partial charge in [-0.15, -0.1) is 0 Å². The Kier molecular flexibility index (Phi) is 3.50. The van der Waals surface area contributed by atoms with Crippen molar-refractivity contribution in [2.45, 2.75) is 38.8 Å². The molecule has 0 spiro atoms. The Morgan fingerprint density at radius 2 is 2.29 bits per heavy atom. The quantitative estimate of drug-likeness (QED) is 0.687. The lowest BCUT2D eigenvalue weighted by Crippen LogP contribution is -2.51. The summed E-state index contributed by atoms with van der Waals surface area (Å²) in [4.78, 5) is 11.8. The molecule has 4 nitrogen and oxygen atoms in total. The topological polar surface area (TPSA) is 64.3 Å². The van der Waals surface area contributed by atoms with Crippen LogP contribution in [0.1, 0.15) is 27.2 Å². The average Bonchev–Trinajstić information content (AvgIpc) is 2.51. The van der Waals surface area contributed by atoms with Gasteiger partial charge in [-0.25, -0.2) is 0 Å². The summed E-state index contributed by atoms with van der Waals surface area (Å²) < 4.78 is 5.34. The molecule has 0 aromatic rings. The number of carbonyl (C=O) groups is 1. The number of ether oxygens (including phenoxy) is 1. The monoisotopic (exact) mass is 200 g/mol. The smallest absolute Gasteiger partial charge is 0.226 e. The second kappa shape index (κ2) is 4.28. The molecule has 1 amide bonds. The first kappa shape index (κ1) is 11.5. The van der Waals surface area contributed by atoms with E-state index in [0.717, 1.165) is 6.42 Å². The molecule has 0 aromatic heterocycles. The van der Waals surface area contributed by atoms with Crippen LogP contribution in [0.25, 0.3) is 0 Å². The summed E-state index contributed by atoms with van der Waals surface area (Å²) >= 11 is 0. The summed E-state index contributed by atoms with van der Waals surface area (Å²) in [6, 6.07) is 0. The molecule has 2 unspecified atom stereocenters. The molecule has 0 saturated carbocycles. The van der Waals surface area contributed by atoms with E-state index in [-0.39, 0.29) is 23.5 Å². The fraction of sp³-hybridized carbons (Fsp3) is 0.900. The number of hydrogen-bond donors (Lipinski definition) is 2. The number of amides is 1. The van der Waals surface area contributed by atoms with Gasteiger partial charge in [-0.3, -0.25) is 4.79 Å². The van der Waals surface area contributed by atoms with Crippen molar-refractivity contribution in [1.29, 1.82) is 0 Å². The van der Waals surface area contributed by atoms with E-state index in [2.05, 4.69) is 5.32 Å². The van der Waals surface area contributed by atoms with E-state index >= 15 is 0 Å². The van der Waals surface area contributed by atoms with Crippen LogP contribution in [-0.4, -0.2) is 30.7 Å². The Labute approximate surface area is 85.2 Å². The standard InChI is InChI=1S/C10H20N2O2/c1-7-8(4-5-14-7)9(13)12-10(2,3)6-11/h7-8H,4-6,11H2,1-3H3,(H,12,13). The van der Waals surface area contributed by atoms with Gasteiger partial charge in [-0.05, 0) is 27.2 Å². The zero-order valence-electron chi connectivity index (χ0n) is 9.17. The first-order valence-electron chi connectivity index (χ1n) is 5.10. The first-order chi connectivity index (χ1) is 6.46. The van der Waals surface area contributed by atoms with Crippen molar-refractivity contribution in [3.05, 3.63) is 0 Å². The molecule has 1 fully saturated rings. The predicted molar refractivity (Wildman–Crippen MR) is 54.8 cm³/mol. The van der Waals surface area contributed by atoms with Gasteiger partial charge in [0.15, 0.2) is 0 Å². The molecule has 1 saturated heterocycles. The van der Waals surface area contributed by atoms with Crippen LogP contribution >= 0.6 is 0 Å². The third-order valence-corrected chi connectivity index (χ3v) is 2.68. The van der Waals surface area contributed by atoms with Crippen LogP contribution in [0.15, 0.2) is 0 Å². The maximum atomic E-state index is 11.8. The molecular weight excluding hydrogens is 180 g/mol. The van der Waals surface area contributed by atoms with Gasteiger partial charge in [0.1, 0.15) is 0 Å². The van der Waals surface area contributed by atoms with Crippen molar-refractivity contribution in [2.24, 2.45) is 11.7 Å². The van der Waals surface area contributed by atoms with Crippen molar-refractivity contribution < 1.29 is 9.53 Å². The third kappa shape index (κ3) is 2.69. The number of rotatable bonds is 3. The lowest BCUT2D eigenvalue weighted by molar-refractivity contribution is -0.127. The maximum Gasteiger partial charge on any atom is 0.226 e. The average molecular weight is 200 g/mol. The summed E-state index contributed by atoms with van der Waals surface area (Å²) in [5.41, 5.74) is 5.22. The molecule has 82 valence electrons. The summed E-state index contributed by atoms with van der Waals surface area (Å²) in [5, 5.41) is 2.93. The SMILES string of the molecule is CC1OCCC1C(=O)NC(C)(C)CN. The second-order valence-electron chi connectivity index (χ2n) is 4.55. The molecule has 1 aliphatic rings. The van der Waals surface area contributed by atoms with Gasteiger partial charge in [-0.1, -0.05) is 0 Å². The highest BCUT2D eigenvalue weighted by molar-refractivity contribution is 5.80. The van der Waals surface area contributed by atoms with Gasteiger partial charge < -0.3 is 15.8 Å². The Morgan fingerprint density at radius 1 is 1.64 bits per heavy atom. The fourth-order valence-corrected chi connectivity index (χ4v) is 1.55. The van der Waals surface area contributed by atoms with Gasteiger partial charge >= 0.3 is 0 Å². The second-order valence-corrected chi connectivity index (χ2v) is 4.55. The third-order valence-electron chi connectivity index (χ3n) is 2.68. The van der Waals surface area contributed by atoms with Gasteiger partial charge in [0.2, 0.25) is 5.91 Å². The molecule has 2 atom stereocenters. The van der Waals surface area contributed by atoms with Crippen molar-refractivity contribution in [3.8, 4) is 0 Å². The van der Waals surface area contributed by atoms with Crippen LogP contribution in [0.4, 0.5) is 0 Å². The van der Waals surface area contributed by atoms with Gasteiger partial charge in [0.05, 0.1) is 12.0 Å². The minimum Gasteiger partial charge on any atom is -0.378 e. The predicted octanol–water partition coefficient (Wildman–Crippen LogP) is 0.265. The van der Waals surface area contributed by atoms with E-state index in [4.69, 9.17) is 10.5 Å². The summed E-state index contributed by atoms with van der Waals surface area (Å²) in [5.74, 6) is 0.0475. The Morgan fingerprint density at radius 3 is 2.71 bits per heavy atom. The zero-order valence-corrected chi connectivity index (χ0v) is 9.17. The zero-order chi connectivity index (χ0) is 10.8. The highest BCUT2D eigenvalue weighted by Gasteiger charge is 2.32. The molecule has 1 heterocycles. The van der Waals surface area contributed by atoms with E-state index in [9.17, 15) is 4.79 Å². The van der Waals surface area contributed by atoms with Crippen LogP contribution in [-0.2, 0) is 9.53 Å². The molecular formula is C10H20N2O2. The van der Waals surface area contributed by atoms with Crippen LogP contribution in [0.2, 0.25) is 0 Å². The molecule has 14 heavy (non-hydrogen) atoms. The molecule has 0 aromatic carbocycles. The number of nitrogens with two attached hydrogens (primary N) is 1. The van der Waals surface area contributed by atoms with Crippen molar-refractivity contribution >= 4 is 5.91 Å². The minimum absolute atomic E-state index is 0.0131. The molecule has 0 aliphatic carbocycles. The fourth-order valence-electron chi connectivity index (χ4n) is 1.55. The number of carbonyl (C=O) groups excluding carboxylic acids is 1. The van der Waals surface area contributed by atoms with E-state index < -0.39 is 0 Å². The Bertz CT molecular complexity index is 216. The highest BCUT2D eigenvalue weighted by Crippen LogP contribution is 2.21. The molecule has 1 aliphatic heterocycles. The molecule has 1 rings (SSSR count). The van der Waals surface area contributed by atoms with Crippen LogP contribution in [0, 0.1) is 5.92 Å². The Hall–Kier alpha value is -0.610. The summed E-state index contributed by atoms with van der Waals surface area (Å²) in [6.07, 6.45) is 0.844. The number of nitrogens with one attached hydrogen (secondary N) is 1. The van der Waals surface area contributed by atoms with E-state index in [1.807, 2.05) is 20.8 Å². The lowest BCUT2D eigenvalue weighted by atomic mass is 9.98. The van der Waals surface area contributed by atoms with Crippen molar-refractivity contribution in [1.82, 2.24) is 5.32 Å². The highest BCUT2D eigenvalue weighted by atomic mass is 16.5. The van der Waals surface area contributed by atoms with Gasteiger partial charge in [0, 0.05) is 18.7 Å². The molecule has 3 N–H and O–H groups in total. The molecule has 4 heteroatoms. The van der Waals surface area contributed by atoms with Crippen molar-refractivity contribution in [2.75, 3.05) is 13.2 Å². The summed E-state index contributed by atoms with van der Waals surface area (Å²) in [7, 11) is 0. The van der Waals surface area contributed by atoms with Crippen LogP contribution in [0.3, 0.4) is 0 Å². The van der Waals surface area contributed by atoms with Crippen LogP contribution in [0.5, 0.6) is 0 Å². The minimum atomic E-state index is -0.320. The summed E-state index contributed by atoms with van der Waals surface area (Å²) in [6.45, 7) is 6.91. The Balaban J connectivity index is 2.49. The van der Waals surface area contributed by atoms with Gasteiger partial charge in [0.25, 0.3) is 0 Å². The maximum absolute atomic E-state index is 11.8. The molecule has 0 bridgehead atoms. The largest absolute Gasteiger partial charge is 0.378 e. The van der Waals surface area contributed by atoms with E-state index in [1.165, 1.54) is 0 Å². The van der Waals surface area contributed by atoms with Crippen molar-refractivity contribution in [3.63, 3.8) is 0 Å². The lowest BCUT2D eigenvalue weighted by Gasteiger charge is -2.26. The number of hydrogen-bond acceptors (Lipinski definition) is 3. The van der Waals surface area contributed by atoms with E-state index in [0.29, 0.717) is 13.2 Å². The van der Waals surface area contributed by atoms with Crippen LogP contribution < -0.4 is 11.1 Å². The van der Waals surface area contributed by atoms with E-state index in [1.54, 1.807) is 0 Å². The molecule has 0 radical (unpaired) electrons. The first-order valence-corrected chi connectivity index (χ1v) is 5.10. The normalized spacial score (nSPS) is 27.7.